The standard InChI is InChI=1S/C34H58O13S/c1-17(2)19(10-13-45-31-29(40)26(37)23(16-46-31)47-48(42,43)44)7-6-18(3)25-27(38)28(39)30-33(25,5)12-9-24-32(4)11-8-20(35)14-21(32)22(36)15-34(24,30)41/h10,17-18,20-31,35-41H,6-9,11-16H2,1-5H3,(H,42,43,44)/b19-10-/t18-,20+,21?,22+,23?,24?,25+,26?,27-,28?,29?,30?,31?,32+,33-,34+/m1/s1. The van der Waals surface area contributed by atoms with E-state index >= 15 is 0 Å². The average molecular weight is 707 g/mol. The zero-order valence-corrected chi connectivity index (χ0v) is 29.6. The lowest BCUT2D eigenvalue weighted by Crippen LogP contribution is -2.68. The Morgan fingerprint density at radius 1 is 0.958 bits per heavy atom. The van der Waals surface area contributed by atoms with Gasteiger partial charge in [-0.2, -0.15) is 8.42 Å². The Labute approximate surface area is 284 Å². The first-order chi connectivity index (χ1) is 22.2. The Morgan fingerprint density at radius 3 is 2.27 bits per heavy atom. The highest BCUT2D eigenvalue weighted by molar-refractivity contribution is 7.80. The van der Waals surface area contributed by atoms with E-state index in [-0.39, 0.29) is 48.0 Å². The minimum absolute atomic E-state index is 0.0204. The lowest BCUT2D eigenvalue weighted by Gasteiger charge is -2.65. The fourth-order valence-corrected chi connectivity index (χ4v) is 11.6. The van der Waals surface area contributed by atoms with Gasteiger partial charge in [0, 0.05) is 12.3 Å². The van der Waals surface area contributed by atoms with Crippen LogP contribution in [0.5, 0.6) is 0 Å². The number of fused-ring (bicyclic) bond motifs is 5. The van der Waals surface area contributed by atoms with Crippen molar-refractivity contribution >= 4 is 10.4 Å². The quantitative estimate of drug-likeness (QED) is 0.119. The van der Waals surface area contributed by atoms with Crippen molar-refractivity contribution in [2.45, 2.75) is 141 Å². The molecule has 48 heavy (non-hydrogen) atoms. The Morgan fingerprint density at radius 2 is 1.62 bits per heavy atom. The number of aliphatic hydroxyl groups is 7. The summed E-state index contributed by atoms with van der Waals surface area (Å²) >= 11 is 0. The Kier molecular flexibility index (Phi) is 11.2. The van der Waals surface area contributed by atoms with E-state index in [4.69, 9.17) is 14.0 Å². The summed E-state index contributed by atoms with van der Waals surface area (Å²) in [4.78, 5) is 0. The topological polar surface area (TPSA) is 224 Å². The Hall–Kier alpha value is -0.750. The molecule has 4 aliphatic carbocycles. The van der Waals surface area contributed by atoms with Crippen LogP contribution >= 0.6 is 0 Å². The van der Waals surface area contributed by atoms with Crippen LogP contribution in [-0.4, -0.2) is 117 Å². The van der Waals surface area contributed by atoms with Crippen LogP contribution in [0.2, 0.25) is 0 Å². The first-order valence-electron chi connectivity index (χ1n) is 17.6. The van der Waals surface area contributed by atoms with E-state index in [2.05, 4.69) is 25.0 Å². The SMILES string of the molecule is CC(C)/C(=C\COC1OCC(OS(=O)(=O)O)C(O)C1O)CC[C@@H](C)[C@H]1[C@@H](O)C(O)C2[C@]3(O)C[C@H](O)C4C[C@@H](O)CC[C@]4(C)C3CC[C@@]21C. The van der Waals surface area contributed by atoms with Crippen molar-refractivity contribution in [1.82, 2.24) is 0 Å². The highest BCUT2D eigenvalue weighted by atomic mass is 32.3. The van der Waals surface area contributed by atoms with Gasteiger partial charge in [-0.1, -0.05) is 46.3 Å². The first kappa shape index (κ1) is 38.5. The molecule has 4 saturated carbocycles. The van der Waals surface area contributed by atoms with Crippen LogP contribution in [0.25, 0.3) is 0 Å². The molecule has 0 aromatic heterocycles. The normalized spacial score (nSPS) is 48.9. The van der Waals surface area contributed by atoms with Gasteiger partial charge in [0.15, 0.2) is 6.29 Å². The van der Waals surface area contributed by atoms with Gasteiger partial charge in [0.25, 0.3) is 0 Å². The minimum atomic E-state index is -4.85. The molecule has 0 amide bonds. The van der Waals surface area contributed by atoms with Crippen molar-refractivity contribution in [3.05, 3.63) is 11.6 Å². The van der Waals surface area contributed by atoms with Crippen molar-refractivity contribution in [2.24, 2.45) is 46.3 Å². The van der Waals surface area contributed by atoms with Crippen LogP contribution in [0, 0.1) is 46.3 Å². The number of ether oxygens (including phenoxy) is 2. The van der Waals surface area contributed by atoms with Crippen LogP contribution in [0.4, 0.5) is 0 Å². The summed E-state index contributed by atoms with van der Waals surface area (Å²) in [5.74, 6) is -1.03. The van der Waals surface area contributed by atoms with E-state index in [0.29, 0.717) is 32.1 Å². The molecule has 0 spiro atoms. The van der Waals surface area contributed by atoms with Crippen molar-refractivity contribution < 1.29 is 62.4 Å². The van der Waals surface area contributed by atoms with Gasteiger partial charge in [0.05, 0.1) is 43.2 Å². The third kappa shape index (κ3) is 6.91. The molecule has 5 fully saturated rings. The molecule has 8 unspecified atom stereocenters. The Bertz CT molecular complexity index is 1280. The zero-order valence-electron chi connectivity index (χ0n) is 28.8. The third-order valence-electron chi connectivity index (χ3n) is 13.4. The number of rotatable bonds is 10. The van der Waals surface area contributed by atoms with E-state index in [0.717, 1.165) is 18.4 Å². The van der Waals surface area contributed by atoms with Gasteiger partial charge in [-0.25, -0.2) is 4.18 Å². The second kappa shape index (κ2) is 14.0. The molecule has 5 rings (SSSR count). The minimum Gasteiger partial charge on any atom is -0.393 e. The molecule has 8 N–H and O–H groups in total. The molecule has 0 bridgehead atoms. The highest BCUT2D eigenvalue weighted by Crippen LogP contribution is 2.69. The van der Waals surface area contributed by atoms with Crippen LogP contribution < -0.4 is 0 Å². The number of hydrogen-bond donors (Lipinski definition) is 8. The summed E-state index contributed by atoms with van der Waals surface area (Å²) in [6, 6.07) is 0. The first-order valence-corrected chi connectivity index (χ1v) is 19.0. The van der Waals surface area contributed by atoms with E-state index in [1.54, 1.807) is 0 Å². The van der Waals surface area contributed by atoms with Gasteiger partial charge in [-0.15, -0.1) is 0 Å². The molecule has 0 radical (unpaired) electrons. The van der Waals surface area contributed by atoms with E-state index < -0.39 is 83.0 Å². The maximum absolute atomic E-state index is 12.5. The summed E-state index contributed by atoms with van der Waals surface area (Å²) in [7, 11) is -4.85. The predicted octanol–water partition coefficient (Wildman–Crippen LogP) is 1.31. The zero-order chi connectivity index (χ0) is 35.6. The fourth-order valence-electron chi connectivity index (χ4n) is 11.1. The largest absolute Gasteiger partial charge is 0.397 e. The molecule has 14 heteroatoms. The molecular formula is C34H58O13S. The van der Waals surface area contributed by atoms with Crippen LogP contribution in [-0.2, 0) is 24.1 Å². The maximum Gasteiger partial charge on any atom is 0.397 e. The molecule has 1 saturated heterocycles. The summed E-state index contributed by atoms with van der Waals surface area (Å²) in [6.45, 7) is 9.99. The average Bonchev–Trinajstić information content (AvgIpc) is 3.19. The molecule has 0 aromatic rings. The van der Waals surface area contributed by atoms with Gasteiger partial charge >= 0.3 is 10.4 Å². The molecule has 1 aliphatic heterocycles. The van der Waals surface area contributed by atoms with Gasteiger partial charge in [-0.05, 0) is 85.4 Å². The maximum atomic E-state index is 12.5. The number of allylic oxidation sites excluding steroid dienone is 1. The smallest absolute Gasteiger partial charge is 0.393 e. The van der Waals surface area contributed by atoms with E-state index in [9.17, 15) is 44.2 Å². The second-order valence-corrected chi connectivity index (χ2v) is 17.5. The summed E-state index contributed by atoms with van der Waals surface area (Å²) in [5, 5.41) is 78.1. The molecule has 13 nitrogen and oxygen atoms in total. The van der Waals surface area contributed by atoms with E-state index in [1.165, 1.54) is 0 Å². The summed E-state index contributed by atoms with van der Waals surface area (Å²) in [6.07, 6.45) is -2.77. The van der Waals surface area contributed by atoms with E-state index in [1.807, 2.05) is 19.9 Å². The van der Waals surface area contributed by atoms with Gasteiger partial charge in [-0.3, -0.25) is 4.55 Å². The van der Waals surface area contributed by atoms with Gasteiger partial charge in [0.1, 0.15) is 18.3 Å². The van der Waals surface area contributed by atoms with Crippen molar-refractivity contribution in [2.75, 3.05) is 13.2 Å². The molecular weight excluding hydrogens is 648 g/mol. The fraction of sp³-hybridized carbons (Fsp3) is 0.941. The predicted molar refractivity (Wildman–Crippen MR) is 172 cm³/mol. The molecule has 5 aliphatic rings. The Balaban J connectivity index is 1.24. The van der Waals surface area contributed by atoms with Crippen LogP contribution in [0.15, 0.2) is 11.6 Å². The van der Waals surface area contributed by atoms with Gasteiger partial charge < -0.3 is 45.2 Å². The molecule has 1 heterocycles. The van der Waals surface area contributed by atoms with Crippen LogP contribution in [0.3, 0.4) is 0 Å². The highest BCUT2D eigenvalue weighted by Gasteiger charge is 2.72. The molecule has 16 atom stereocenters. The summed E-state index contributed by atoms with van der Waals surface area (Å²) < 4.78 is 46.2. The molecule has 0 aromatic carbocycles. The van der Waals surface area contributed by atoms with Crippen LogP contribution in [0.1, 0.15) is 86.0 Å². The number of hydrogen-bond acceptors (Lipinski definition) is 12. The lowest BCUT2D eigenvalue weighted by atomic mass is 9.42. The lowest BCUT2D eigenvalue weighted by molar-refractivity contribution is -0.264. The second-order valence-electron chi connectivity index (χ2n) is 16.4. The van der Waals surface area contributed by atoms with Crippen molar-refractivity contribution in [3.8, 4) is 0 Å². The monoisotopic (exact) mass is 706 g/mol. The number of aliphatic hydroxyl groups excluding tert-OH is 6. The summed E-state index contributed by atoms with van der Waals surface area (Å²) in [5.41, 5.74) is -1.21. The van der Waals surface area contributed by atoms with Crippen molar-refractivity contribution in [3.63, 3.8) is 0 Å². The van der Waals surface area contributed by atoms with Gasteiger partial charge in [0.2, 0.25) is 0 Å². The van der Waals surface area contributed by atoms with Crippen molar-refractivity contribution in [1.29, 1.82) is 0 Å². The third-order valence-corrected chi connectivity index (χ3v) is 13.8. The molecule has 278 valence electrons.